The fraction of sp³-hybridized carbons (Fsp3) is 0.333. The van der Waals surface area contributed by atoms with Gasteiger partial charge in [-0.25, -0.2) is 9.59 Å². The normalized spacial score (nSPS) is 14.2. The van der Waals surface area contributed by atoms with E-state index in [2.05, 4.69) is 41.2 Å². The lowest BCUT2D eigenvalue weighted by molar-refractivity contribution is -0.152. The summed E-state index contributed by atoms with van der Waals surface area (Å²) in [5, 5.41) is 17.4. The van der Waals surface area contributed by atoms with Gasteiger partial charge in [0.1, 0.15) is 18.8 Å². The highest BCUT2D eigenvalue weighted by Gasteiger charge is 2.31. The highest BCUT2D eigenvalue weighted by atomic mass is 16.6. The summed E-state index contributed by atoms with van der Waals surface area (Å²) in [4.78, 5) is 52.3. The maximum Gasteiger partial charge on any atom is 0.407 e. The van der Waals surface area contributed by atoms with Crippen molar-refractivity contribution in [1.82, 2.24) is 16.0 Å². The standard InChI is InChI=1S/C39H45N3O7/c1-4-6-21-34(42-39(47)48-25-33-31-19-12-10-17-29(31)30-18-11-13-20-32(30)33)38(46)49-35(27-15-8-7-9-16-27)23-40-37(45)28(14-5-2)22-36(44)41-26(3)24-43/h4-5,7-13,15-20,26,28,33-35,43H,1-2,6,14,21-25H2,3H3,(H,40,45)(H,41,44)(H,42,47)/t26-,28-,34+,35-/m1/s1. The van der Waals surface area contributed by atoms with Crippen LogP contribution in [0, 0.1) is 5.92 Å². The largest absolute Gasteiger partial charge is 0.454 e. The van der Waals surface area contributed by atoms with Gasteiger partial charge in [0.15, 0.2) is 0 Å². The summed E-state index contributed by atoms with van der Waals surface area (Å²) >= 11 is 0. The van der Waals surface area contributed by atoms with Crippen LogP contribution in [0.2, 0.25) is 0 Å². The molecule has 3 aromatic rings. The van der Waals surface area contributed by atoms with E-state index in [0.29, 0.717) is 12.0 Å². The third-order valence-corrected chi connectivity index (χ3v) is 8.41. The molecule has 49 heavy (non-hydrogen) atoms. The number of carbonyl (C=O) groups is 4. The molecule has 0 fully saturated rings. The number of fused-ring (bicyclic) bond motifs is 3. The molecule has 3 aromatic carbocycles. The van der Waals surface area contributed by atoms with Crippen molar-refractivity contribution >= 4 is 23.9 Å². The van der Waals surface area contributed by atoms with Crippen LogP contribution in [0.5, 0.6) is 0 Å². The lowest BCUT2D eigenvalue weighted by atomic mass is 9.98. The number of esters is 1. The molecule has 0 aliphatic heterocycles. The van der Waals surface area contributed by atoms with Crippen LogP contribution >= 0.6 is 0 Å². The minimum atomic E-state index is -1.04. The summed E-state index contributed by atoms with van der Waals surface area (Å²) in [6.07, 6.45) is 2.35. The number of hydrogen-bond acceptors (Lipinski definition) is 7. The number of allylic oxidation sites excluding steroid dienone is 2. The Kier molecular flexibility index (Phi) is 13.7. The van der Waals surface area contributed by atoms with E-state index in [-0.39, 0.29) is 50.8 Å². The van der Waals surface area contributed by atoms with E-state index >= 15 is 0 Å². The van der Waals surface area contributed by atoms with Crippen LogP contribution in [-0.4, -0.2) is 60.8 Å². The Bertz CT molecular complexity index is 1560. The first kappa shape index (κ1) is 36.6. The first-order chi connectivity index (χ1) is 23.7. The molecule has 0 aromatic heterocycles. The minimum Gasteiger partial charge on any atom is -0.454 e. The molecule has 258 valence electrons. The molecule has 4 atom stereocenters. The molecule has 1 aliphatic carbocycles. The van der Waals surface area contributed by atoms with Gasteiger partial charge < -0.3 is 30.5 Å². The molecule has 4 N–H and O–H groups in total. The zero-order valence-electron chi connectivity index (χ0n) is 27.8. The van der Waals surface area contributed by atoms with Crippen molar-refractivity contribution in [2.75, 3.05) is 19.8 Å². The van der Waals surface area contributed by atoms with Gasteiger partial charge in [0.25, 0.3) is 0 Å². The molecular formula is C39H45N3O7. The van der Waals surface area contributed by atoms with Gasteiger partial charge in [-0.05, 0) is 54.0 Å². The number of hydrogen-bond donors (Lipinski definition) is 4. The lowest BCUT2D eigenvalue weighted by Crippen LogP contribution is -2.44. The third-order valence-electron chi connectivity index (χ3n) is 8.41. The average molecular weight is 668 g/mol. The summed E-state index contributed by atoms with van der Waals surface area (Å²) in [6, 6.07) is 23.5. The van der Waals surface area contributed by atoms with Gasteiger partial charge in [0.05, 0.1) is 19.1 Å². The Morgan fingerprint density at radius 1 is 0.878 bits per heavy atom. The molecule has 0 unspecified atom stereocenters. The maximum absolute atomic E-state index is 13.6. The number of amides is 3. The number of aliphatic hydroxyl groups is 1. The van der Waals surface area contributed by atoms with Gasteiger partial charge in [-0.1, -0.05) is 91.0 Å². The van der Waals surface area contributed by atoms with E-state index < -0.39 is 42.1 Å². The van der Waals surface area contributed by atoms with Crippen LogP contribution in [0.4, 0.5) is 4.79 Å². The topological polar surface area (TPSA) is 143 Å². The second-order valence-corrected chi connectivity index (χ2v) is 12.0. The molecule has 0 spiro atoms. The predicted molar refractivity (Wildman–Crippen MR) is 187 cm³/mol. The Labute approximate surface area is 287 Å². The zero-order valence-corrected chi connectivity index (χ0v) is 27.8. The Balaban J connectivity index is 1.41. The second kappa shape index (κ2) is 18.4. The van der Waals surface area contributed by atoms with Crippen LogP contribution in [0.25, 0.3) is 11.1 Å². The Hall–Kier alpha value is -5.22. The molecule has 0 radical (unpaired) electrons. The fourth-order valence-electron chi connectivity index (χ4n) is 5.86. The van der Waals surface area contributed by atoms with Gasteiger partial charge >= 0.3 is 12.1 Å². The summed E-state index contributed by atoms with van der Waals surface area (Å²) in [5.41, 5.74) is 4.99. The average Bonchev–Trinajstić information content (AvgIpc) is 3.44. The zero-order chi connectivity index (χ0) is 35.2. The molecule has 0 saturated carbocycles. The van der Waals surface area contributed by atoms with Crippen molar-refractivity contribution in [3.63, 3.8) is 0 Å². The van der Waals surface area contributed by atoms with Gasteiger partial charge in [-0.15, -0.1) is 13.2 Å². The number of benzene rings is 3. The van der Waals surface area contributed by atoms with Crippen molar-refractivity contribution in [1.29, 1.82) is 0 Å². The van der Waals surface area contributed by atoms with E-state index in [4.69, 9.17) is 9.47 Å². The summed E-state index contributed by atoms with van der Waals surface area (Å²) in [7, 11) is 0. The summed E-state index contributed by atoms with van der Waals surface area (Å²) in [6.45, 7) is 8.89. The highest BCUT2D eigenvalue weighted by Crippen LogP contribution is 2.44. The summed E-state index contributed by atoms with van der Waals surface area (Å²) in [5.74, 6) is -2.34. The van der Waals surface area contributed by atoms with Crippen LogP contribution < -0.4 is 16.0 Å². The predicted octanol–water partition coefficient (Wildman–Crippen LogP) is 5.34. The molecule has 0 saturated heterocycles. The molecule has 0 heterocycles. The second-order valence-electron chi connectivity index (χ2n) is 12.0. The van der Waals surface area contributed by atoms with Gasteiger partial charge in [0.2, 0.25) is 11.8 Å². The van der Waals surface area contributed by atoms with Gasteiger partial charge in [-0.3, -0.25) is 9.59 Å². The van der Waals surface area contributed by atoms with Crippen molar-refractivity contribution < 1.29 is 33.8 Å². The van der Waals surface area contributed by atoms with Crippen LogP contribution in [0.3, 0.4) is 0 Å². The molecule has 4 rings (SSSR count). The monoisotopic (exact) mass is 667 g/mol. The smallest absolute Gasteiger partial charge is 0.407 e. The number of alkyl carbamates (subject to hydrolysis) is 1. The van der Waals surface area contributed by atoms with E-state index in [1.54, 1.807) is 43.3 Å². The van der Waals surface area contributed by atoms with Gasteiger partial charge in [-0.2, -0.15) is 0 Å². The number of rotatable bonds is 18. The SMILES string of the molecule is C=CCC[C@H](NC(=O)OCC1c2ccccc2-c2ccccc21)C(=O)O[C@H](CNC(=O)[C@H](CC=C)CC(=O)N[C@H](C)CO)c1ccccc1. The molecular weight excluding hydrogens is 622 g/mol. The van der Waals surface area contributed by atoms with Crippen LogP contribution in [0.15, 0.2) is 104 Å². The van der Waals surface area contributed by atoms with Crippen molar-refractivity contribution in [2.45, 2.75) is 56.7 Å². The van der Waals surface area contributed by atoms with Gasteiger partial charge in [0, 0.05) is 18.4 Å². The Morgan fingerprint density at radius 3 is 2.12 bits per heavy atom. The van der Waals surface area contributed by atoms with E-state index in [1.165, 1.54) is 0 Å². The van der Waals surface area contributed by atoms with Crippen molar-refractivity contribution in [3.8, 4) is 11.1 Å². The number of carbonyl (C=O) groups excluding carboxylic acids is 4. The van der Waals surface area contributed by atoms with Crippen molar-refractivity contribution in [2.24, 2.45) is 5.92 Å². The molecule has 10 nitrogen and oxygen atoms in total. The highest BCUT2D eigenvalue weighted by molar-refractivity contribution is 5.86. The lowest BCUT2D eigenvalue weighted by Gasteiger charge is -2.24. The number of nitrogens with one attached hydrogen (secondary N) is 3. The Morgan fingerprint density at radius 2 is 1.51 bits per heavy atom. The molecule has 0 bridgehead atoms. The quantitative estimate of drug-likeness (QED) is 0.106. The maximum atomic E-state index is 13.6. The fourth-order valence-corrected chi connectivity index (χ4v) is 5.86. The number of ether oxygens (including phenoxy) is 2. The van der Waals surface area contributed by atoms with Crippen molar-refractivity contribution in [3.05, 3.63) is 121 Å². The first-order valence-electron chi connectivity index (χ1n) is 16.5. The van der Waals surface area contributed by atoms with E-state index in [9.17, 15) is 24.3 Å². The van der Waals surface area contributed by atoms with Crippen LogP contribution in [-0.2, 0) is 23.9 Å². The van der Waals surface area contributed by atoms with E-state index in [0.717, 1.165) is 22.3 Å². The van der Waals surface area contributed by atoms with Crippen LogP contribution in [0.1, 0.15) is 61.3 Å². The molecule has 10 heteroatoms. The molecule has 3 amide bonds. The first-order valence-corrected chi connectivity index (χ1v) is 16.5. The summed E-state index contributed by atoms with van der Waals surface area (Å²) < 4.78 is 11.6. The third kappa shape index (κ3) is 10.1. The minimum absolute atomic E-state index is 0.0734. The van der Waals surface area contributed by atoms with E-state index in [1.807, 2.05) is 42.5 Å². The number of aliphatic hydroxyl groups excluding tert-OH is 1. The molecule has 1 aliphatic rings.